The van der Waals surface area contributed by atoms with E-state index in [1.165, 1.54) is 12.3 Å². The molecule has 1 aromatic heterocycles. The molecule has 0 fully saturated rings. The molecule has 0 aromatic carbocycles. The molecule has 1 rings (SSSR count). The van der Waals surface area contributed by atoms with Gasteiger partial charge in [0.25, 0.3) is 5.91 Å². The predicted octanol–water partition coefficient (Wildman–Crippen LogP) is 2.37. The van der Waals surface area contributed by atoms with Crippen LogP contribution in [0.15, 0.2) is 12.3 Å². The SMILES string of the molecule is CCC[C@H](NC(=O)c1cc(Cl)ncc1Cl)C(=O)O. The van der Waals surface area contributed by atoms with Gasteiger partial charge < -0.3 is 10.4 Å². The summed E-state index contributed by atoms with van der Waals surface area (Å²) >= 11 is 11.5. The van der Waals surface area contributed by atoms with Crippen LogP contribution >= 0.6 is 23.2 Å². The third-order valence-corrected chi connectivity index (χ3v) is 2.76. The van der Waals surface area contributed by atoms with Gasteiger partial charge in [0.15, 0.2) is 0 Å². The lowest BCUT2D eigenvalue weighted by Crippen LogP contribution is -2.40. The first-order valence-electron chi connectivity index (χ1n) is 5.30. The lowest BCUT2D eigenvalue weighted by Gasteiger charge is -2.14. The van der Waals surface area contributed by atoms with Crippen LogP contribution in [0.1, 0.15) is 30.1 Å². The molecule has 1 heterocycles. The zero-order valence-corrected chi connectivity index (χ0v) is 11.1. The molecule has 7 heteroatoms. The number of carboxylic acid groups (broad SMARTS) is 1. The zero-order chi connectivity index (χ0) is 13.7. The van der Waals surface area contributed by atoms with Gasteiger partial charge >= 0.3 is 5.97 Å². The van der Waals surface area contributed by atoms with Gasteiger partial charge in [-0.05, 0) is 12.5 Å². The third-order valence-electron chi connectivity index (χ3n) is 2.25. The van der Waals surface area contributed by atoms with Gasteiger partial charge in [-0.15, -0.1) is 0 Å². The van der Waals surface area contributed by atoms with Crippen LogP contribution in [-0.2, 0) is 4.79 Å². The number of hydrogen-bond donors (Lipinski definition) is 2. The van der Waals surface area contributed by atoms with Gasteiger partial charge in [-0.1, -0.05) is 36.5 Å². The van der Waals surface area contributed by atoms with Crippen molar-refractivity contribution >= 4 is 35.1 Å². The highest BCUT2D eigenvalue weighted by atomic mass is 35.5. The second-order valence-corrected chi connectivity index (χ2v) is 4.43. The van der Waals surface area contributed by atoms with E-state index in [0.717, 1.165) is 0 Å². The minimum atomic E-state index is -1.08. The van der Waals surface area contributed by atoms with Crippen LogP contribution in [0.5, 0.6) is 0 Å². The van der Waals surface area contributed by atoms with Crippen LogP contribution in [0.2, 0.25) is 10.2 Å². The molecule has 1 amide bonds. The number of aliphatic carboxylic acids is 1. The van der Waals surface area contributed by atoms with Crippen LogP contribution in [0, 0.1) is 0 Å². The summed E-state index contributed by atoms with van der Waals surface area (Å²) in [5.41, 5.74) is 0.110. The minimum absolute atomic E-state index is 0.110. The average molecular weight is 291 g/mol. The third kappa shape index (κ3) is 3.85. The van der Waals surface area contributed by atoms with Crippen LogP contribution in [0.25, 0.3) is 0 Å². The number of hydrogen-bond acceptors (Lipinski definition) is 3. The molecule has 0 aliphatic heterocycles. The zero-order valence-electron chi connectivity index (χ0n) is 9.61. The molecule has 98 valence electrons. The van der Waals surface area contributed by atoms with Crippen molar-refractivity contribution in [3.63, 3.8) is 0 Å². The van der Waals surface area contributed by atoms with Gasteiger partial charge in [0.05, 0.1) is 10.6 Å². The van der Waals surface area contributed by atoms with Crippen molar-refractivity contribution in [2.75, 3.05) is 0 Å². The molecule has 0 unspecified atom stereocenters. The van der Waals surface area contributed by atoms with Crippen molar-refractivity contribution in [3.8, 4) is 0 Å². The van der Waals surface area contributed by atoms with Gasteiger partial charge in [0.2, 0.25) is 0 Å². The normalized spacial score (nSPS) is 11.9. The highest BCUT2D eigenvalue weighted by Crippen LogP contribution is 2.18. The van der Waals surface area contributed by atoms with Crippen molar-refractivity contribution in [2.24, 2.45) is 0 Å². The monoisotopic (exact) mass is 290 g/mol. The molecule has 0 bridgehead atoms. The fourth-order valence-electron chi connectivity index (χ4n) is 1.37. The smallest absolute Gasteiger partial charge is 0.326 e. The molecule has 0 radical (unpaired) electrons. The molecule has 2 N–H and O–H groups in total. The van der Waals surface area contributed by atoms with Gasteiger partial charge in [0, 0.05) is 6.20 Å². The second-order valence-electron chi connectivity index (χ2n) is 3.64. The van der Waals surface area contributed by atoms with Gasteiger partial charge in [-0.2, -0.15) is 0 Å². The highest BCUT2D eigenvalue weighted by Gasteiger charge is 2.21. The van der Waals surface area contributed by atoms with Gasteiger partial charge in [0.1, 0.15) is 11.2 Å². The number of nitrogens with zero attached hydrogens (tertiary/aromatic N) is 1. The number of aromatic nitrogens is 1. The Balaban J connectivity index is 2.86. The van der Waals surface area contributed by atoms with Crippen molar-refractivity contribution < 1.29 is 14.7 Å². The summed E-state index contributed by atoms with van der Waals surface area (Å²) in [6.07, 6.45) is 2.23. The van der Waals surface area contributed by atoms with Crippen LogP contribution in [0.4, 0.5) is 0 Å². The summed E-state index contributed by atoms with van der Waals surface area (Å²) in [7, 11) is 0. The van der Waals surface area contributed by atoms with Gasteiger partial charge in [-0.3, -0.25) is 4.79 Å². The number of rotatable bonds is 5. The van der Waals surface area contributed by atoms with Crippen LogP contribution in [0.3, 0.4) is 0 Å². The maximum atomic E-state index is 11.9. The van der Waals surface area contributed by atoms with E-state index in [1.807, 2.05) is 6.92 Å². The number of amides is 1. The second kappa shape index (κ2) is 6.56. The Morgan fingerprint density at radius 1 is 1.50 bits per heavy atom. The van der Waals surface area contributed by atoms with E-state index in [2.05, 4.69) is 10.3 Å². The quantitative estimate of drug-likeness (QED) is 0.816. The maximum absolute atomic E-state index is 11.9. The Kier molecular flexibility index (Phi) is 5.37. The van der Waals surface area contributed by atoms with Crippen LogP contribution < -0.4 is 5.32 Å². The molecule has 0 saturated heterocycles. The van der Waals surface area contributed by atoms with E-state index < -0.39 is 17.9 Å². The first kappa shape index (κ1) is 14.7. The molecule has 1 aromatic rings. The van der Waals surface area contributed by atoms with E-state index in [9.17, 15) is 9.59 Å². The van der Waals surface area contributed by atoms with E-state index in [4.69, 9.17) is 28.3 Å². The molecule has 1 atom stereocenters. The first-order valence-corrected chi connectivity index (χ1v) is 6.06. The van der Waals surface area contributed by atoms with Crippen molar-refractivity contribution in [3.05, 3.63) is 28.0 Å². The Morgan fingerprint density at radius 3 is 2.72 bits per heavy atom. The standard InChI is InChI=1S/C11H12Cl2N2O3/c1-2-3-8(11(17)18)15-10(16)6-4-9(13)14-5-7(6)12/h4-5,8H,2-3H2,1H3,(H,15,16)(H,17,18)/t8-/m0/s1. The summed E-state index contributed by atoms with van der Waals surface area (Å²) in [5.74, 6) is -1.66. The lowest BCUT2D eigenvalue weighted by atomic mass is 10.1. The molecule has 5 nitrogen and oxygen atoms in total. The molecule has 0 aliphatic carbocycles. The molecular formula is C11H12Cl2N2O3. The lowest BCUT2D eigenvalue weighted by molar-refractivity contribution is -0.139. The van der Waals surface area contributed by atoms with Crippen molar-refractivity contribution in [1.82, 2.24) is 10.3 Å². The number of carboxylic acids is 1. The summed E-state index contributed by atoms with van der Waals surface area (Å²) in [6.45, 7) is 1.83. The summed E-state index contributed by atoms with van der Waals surface area (Å²) < 4.78 is 0. The Bertz CT molecular complexity index is 466. The fourth-order valence-corrected chi connectivity index (χ4v) is 1.72. The topological polar surface area (TPSA) is 79.3 Å². The first-order chi connectivity index (χ1) is 8.45. The van der Waals surface area contributed by atoms with E-state index in [0.29, 0.717) is 12.8 Å². The maximum Gasteiger partial charge on any atom is 0.326 e. The molecule has 0 saturated carbocycles. The van der Waals surface area contributed by atoms with Crippen LogP contribution in [-0.4, -0.2) is 28.0 Å². The number of carbonyl (C=O) groups is 2. The fraction of sp³-hybridized carbons (Fsp3) is 0.364. The minimum Gasteiger partial charge on any atom is -0.480 e. The number of pyridine rings is 1. The van der Waals surface area contributed by atoms with Crippen molar-refractivity contribution in [2.45, 2.75) is 25.8 Å². The Morgan fingerprint density at radius 2 is 2.17 bits per heavy atom. The van der Waals surface area contributed by atoms with E-state index in [-0.39, 0.29) is 15.7 Å². The largest absolute Gasteiger partial charge is 0.480 e. The summed E-state index contributed by atoms with van der Waals surface area (Å²) in [6, 6.07) is 0.356. The van der Waals surface area contributed by atoms with Crippen molar-refractivity contribution in [1.29, 1.82) is 0 Å². The molecule has 0 spiro atoms. The predicted molar refractivity (Wildman–Crippen MR) is 68.1 cm³/mol. The summed E-state index contributed by atoms with van der Waals surface area (Å²) in [4.78, 5) is 26.5. The Labute approximate surface area is 114 Å². The van der Waals surface area contributed by atoms with E-state index in [1.54, 1.807) is 0 Å². The number of halogens is 2. The number of carbonyl (C=O) groups excluding carboxylic acids is 1. The average Bonchev–Trinajstić information content (AvgIpc) is 2.31. The Hall–Kier alpha value is -1.33. The number of nitrogens with one attached hydrogen (secondary N) is 1. The molecular weight excluding hydrogens is 279 g/mol. The molecule has 0 aliphatic rings. The summed E-state index contributed by atoms with van der Waals surface area (Å²) in [5, 5.41) is 11.6. The molecule has 18 heavy (non-hydrogen) atoms. The van der Waals surface area contributed by atoms with Gasteiger partial charge in [-0.25, -0.2) is 9.78 Å². The van der Waals surface area contributed by atoms with E-state index >= 15 is 0 Å². The highest BCUT2D eigenvalue weighted by molar-refractivity contribution is 6.35.